The second kappa shape index (κ2) is 7.28. The second-order valence-corrected chi connectivity index (χ2v) is 6.12. The smallest absolute Gasteiger partial charge is 0.170 e. The minimum absolute atomic E-state index is 0.721. The first-order valence-corrected chi connectivity index (χ1v) is 8.57. The van der Waals surface area contributed by atoms with Crippen LogP contribution in [0.3, 0.4) is 0 Å². The molecule has 3 heteroatoms. The highest BCUT2D eigenvalue weighted by atomic mass is 16.5. The van der Waals surface area contributed by atoms with Gasteiger partial charge in [0.2, 0.25) is 0 Å². The fraction of sp³-hybridized carbons (Fsp3) is 0.0870. The third-order valence-corrected chi connectivity index (χ3v) is 4.38. The lowest BCUT2D eigenvalue weighted by molar-refractivity contribution is 0.404. The molecule has 3 nitrogen and oxygen atoms in total. The summed E-state index contributed by atoms with van der Waals surface area (Å²) in [6, 6.07) is 28.7. The van der Waals surface area contributed by atoms with Crippen LogP contribution in [-0.2, 0) is 6.42 Å². The van der Waals surface area contributed by atoms with E-state index in [4.69, 9.17) is 9.26 Å². The van der Waals surface area contributed by atoms with E-state index >= 15 is 0 Å². The Morgan fingerprint density at radius 3 is 2.27 bits per heavy atom. The Morgan fingerprint density at radius 2 is 1.50 bits per heavy atom. The van der Waals surface area contributed by atoms with Gasteiger partial charge in [0.25, 0.3) is 0 Å². The van der Waals surface area contributed by atoms with E-state index in [1.807, 2.05) is 36.4 Å². The maximum atomic E-state index is 5.53. The van der Waals surface area contributed by atoms with E-state index in [9.17, 15) is 0 Å². The normalized spacial score (nSPS) is 10.7. The summed E-state index contributed by atoms with van der Waals surface area (Å²) in [5.41, 5.74) is 5.44. The van der Waals surface area contributed by atoms with Gasteiger partial charge >= 0.3 is 0 Å². The maximum Gasteiger partial charge on any atom is 0.170 e. The molecule has 0 fully saturated rings. The molecule has 0 amide bonds. The molecule has 4 rings (SSSR count). The largest absolute Gasteiger partial charge is 0.496 e. The zero-order chi connectivity index (χ0) is 17.8. The van der Waals surface area contributed by atoms with Crippen molar-refractivity contribution >= 4 is 0 Å². The van der Waals surface area contributed by atoms with E-state index in [1.54, 1.807) is 7.11 Å². The highest BCUT2D eigenvalue weighted by molar-refractivity contribution is 5.66. The Balaban J connectivity index is 1.53. The molecule has 1 aromatic heterocycles. The van der Waals surface area contributed by atoms with Crippen molar-refractivity contribution in [1.82, 2.24) is 5.16 Å². The minimum Gasteiger partial charge on any atom is -0.496 e. The molecule has 26 heavy (non-hydrogen) atoms. The van der Waals surface area contributed by atoms with Gasteiger partial charge in [-0.05, 0) is 28.8 Å². The third kappa shape index (κ3) is 3.38. The molecule has 0 unspecified atom stereocenters. The van der Waals surface area contributed by atoms with Crippen LogP contribution >= 0.6 is 0 Å². The Labute approximate surface area is 152 Å². The predicted octanol–water partition coefficient (Wildman–Crippen LogP) is 5.61. The Bertz CT molecular complexity index is 988. The summed E-state index contributed by atoms with van der Waals surface area (Å²) < 4.78 is 10.9. The van der Waals surface area contributed by atoms with Crippen molar-refractivity contribution in [2.75, 3.05) is 7.11 Å². The van der Waals surface area contributed by atoms with Gasteiger partial charge in [-0.1, -0.05) is 71.9 Å². The van der Waals surface area contributed by atoms with Gasteiger partial charge in [-0.25, -0.2) is 0 Å². The van der Waals surface area contributed by atoms with Gasteiger partial charge in [-0.3, -0.25) is 0 Å². The molecule has 0 saturated carbocycles. The Morgan fingerprint density at radius 1 is 0.808 bits per heavy atom. The van der Waals surface area contributed by atoms with E-state index in [2.05, 4.69) is 53.7 Å². The molecular formula is C23H19NO2. The molecular weight excluding hydrogens is 322 g/mol. The molecule has 128 valence electrons. The number of methoxy groups -OCH3 is 1. The lowest BCUT2D eigenvalue weighted by Crippen LogP contribution is -1.88. The average molecular weight is 341 g/mol. The van der Waals surface area contributed by atoms with Crippen molar-refractivity contribution in [3.8, 4) is 28.2 Å². The quantitative estimate of drug-likeness (QED) is 0.473. The van der Waals surface area contributed by atoms with Crippen LogP contribution in [0.1, 0.15) is 11.3 Å². The standard InChI is InChI=1S/C23H19NO2/c1-25-22-10-6-5-9-21(22)23-16-20(24-26-23)15-17-11-13-19(14-12-17)18-7-3-2-4-8-18/h2-14,16H,15H2,1H3. The van der Waals surface area contributed by atoms with Gasteiger partial charge in [0.15, 0.2) is 5.76 Å². The van der Waals surface area contributed by atoms with Gasteiger partial charge < -0.3 is 9.26 Å². The molecule has 0 aliphatic heterocycles. The number of para-hydroxylation sites is 1. The zero-order valence-electron chi connectivity index (χ0n) is 14.6. The van der Waals surface area contributed by atoms with E-state index < -0.39 is 0 Å². The van der Waals surface area contributed by atoms with Crippen LogP contribution in [-0.4, -0.2) is 12.3 Å². The molecule has 0 N–H and O–H groups in total. The molecule has 0 spiro atoms. The van der Waals surface area contributed by atoms with Crippen molar-refractivity contribution in [3.63, 3.8) is 0 Å². The summed E-state index contributed by atoms with van der Waals surface area (Å²) in [4.78, 5) is 0. The lowest BCUT2D eigenvalue weighted by atomic mass is 10.0. The first-order chi connectivity index (χ1) is 12.8. The van der Waals surface area contributed by atoms with Crippen LogP contribution in [0, 0.1) is 0 Å². The molecule has 3 aromatic carbocycles. The number of ether oxygens (including phenoxy) is 1. The van der Waals surface area contributed by atoms with Crippen molar-refractivity contribution in [3.05, 3.63) is 96.2 Å². The Kier molecular flexibility index (Phi) is 4.52. The van der Waals surface area contributed by atoms with Crippen LogP contribution in [0.15, 0.2) is 89.5 Å². The summed E-state index contributed by atoms with van der Waals surface area (Å²) >= 11 is 0. The molecule has 1 heterocycles. The van der Waals surface area contributed by atoms with Gasteiger partial charge in [0.1, 0.15) is 5.75 Å². The van der Waals surface area contributed by atoms with Crippen LogP contribution in [0.4, 0.5) is 0 Å². The monoisotopic (exact) mass is 341 g/mol. The van der Waals surface area contributed by atoms with Crippen LogP contribution in [0.2, 0.25) is 0 Å². The van der Waals surface area contributed by atoms with Gasteiger partial charge in [-0.2, -0.15) is 0 Å². The molecule has 0 saturated heterocycles. The summed E-state index contributed by atoms with van der Waals surface area (Å²) in [6.45, 7) is 0. The predicted molar refractivity (Wildman–Crippen MR) is 103 cm³/mol. The van der Waals surface area contributed by atoms with Crippen molar-refractivity contribution in [2.24, 2.45) is 0 Å². The lowest BCUT2D eigenvalue weighted by Gasteiger charge is -2.04. The number of aromatic nitrogens is 1. The topological polar surface area (TPSA) is 35.3 Å². The fourth-order valence-electron chi connectivity index (χ4n) is 3.03. The molecule has 0 aliphatic rings. The number of benzene rings is 3. The highest BCUT2D eigenvalue weighted by Crippen LogP contribution is 2.30. The average Bonchev–Trinajstić information content (AvgIpc) is 3.17. The maximum absolute atomic E-state index is 5.53. The first kappa shape index (κ1) is 16.2. The van der Waals surface area contributed by atoms with Crippen molar-refractivity contribution in [1.29, 1.82) is 0 Å². The van der Waals surface area contributed by atoms with Gasteiger partial charge in [0, 0.05) is 12.5 Å². The van der Waals surface area contributed by atoms with Crippen LogP contribution < -0.4 is 4.74 Å². The van der Waals surface area contributed by atoms with Gasteiger partial charge in [0.05, 0.1) is 18.4 Å². The van der Waals surface area contributed by atoms with Crippen LogP contribution in [0.25, 0.3) is 22.5 Å². The molecule has 0 radical (unpaired) electrons. The number of rotatable bonds is 5. The van der Waals surface area contributed by atoms with E-state index in [1.165, 1.54) is 16.7 Å². The fourth-order valence-corrected chi connectivity index (χ4v) is 3.03. The first-order valence-electron chi connectivity index (χ1n) is 8.57. The zero-order valence-corrected chi connectivity index (χ0v) is 14.6. The molecule has 0 bridgehead atoms. The van der Waals surface area contributed by atoms with Crippen molar-refractivity contribution in [2.45, 2.75) is 6.42 Å². The van der Waals surface area contributed by atoms with Gasteiger partial charge in [-0.15, -0.1) is 0 Å². The highest BCUT2D eigenvalue weighted by Gasteiger charge is 2.11. The summed E-state index contributed by atoms with van der Waals surface area (Å²) in [6.07, 6.45) is 0.730. The van der Waals surface area contributed by atoms with E-state index in [0.29, 0.717) is 0 Å². The number of hydrogen-bond acceptors (Lipinski definition) is 3. The minimum atomic E-state index is 0.721. The SMILES string of the molecule is COc1ccccc1-c1cc(Cc2ccc(-c3ccccc3)cc2)no1. The summed E-state index contributed by atoms with van der Waals surface area (Å²) in [7, 11) is 1.66. The van der Waals surface area contributed by atoms with Crippen LogP contribution in [0.5, 0.6) is 5.75 Å². The summed E-state index contributed by atoms with van der Waals surface area (Å²) in [5.74, 6) is 1.50. The number of hydrogen-bond donors (Lipinski definition) is 0. The Hall–Kier alpha value is -3.33. The van der Waals surface area contributed by atoms with Crippen molar-refractivity contribution < 1.29 is 9.26 Å². The molecule has 4 aromatic rings. The van der Waals surface area contributed by atoms with E-state index in [0.717, 1.165) is 29.2 Å². The second-order valence-electron chi connectivity index (χ2n) is 6.12. The molecule has 0 atom stereocenters. The third-order valence-electron chi connectivity index (χ3n) is 4.38. The molecule has 0 aliphatic carbocycles. The van der Waals surface area contributed by atoms with E-state index in [-0.39, 0.29) is 0 Å². The number of nitrogens with zero attached hydrogens (tertiary/aromatic N) is 1. The summed E-state index contributed by atoms with van der Waals surface area (Å²) in [5, 5.41) is 4.21.